The zero-order valence-corrected chi connectivity index (χ0v) is 17.9. The van der Waals surface area contributed by atoms with E-state index in [0.29, 0.717) is 25.4 Å². The molecule has 0 heterocycles. The SMILES string of the molecule is Cc1ccc(NC(=O)CCCOc2ccc(C(C)C)cc2Br)c(Br)c1. The molecular formula is C20H23Br2NO2. The summed E-state index contributed by atoms with van der Waals surface area (Å²) in [5.41, 5.74) is 3.21. The molecule has 0 saturated carbocycles. The van der Waals surface area contributed by atoms with Crippen molar-refractivity contribution in [3.63, 3.8) is 0 Å². The van der Waals surface area contributed by atoms with Gasteiger partial charge in [0, 0.05) is 10.9 Å². The Hall–Kier alpha value is -1.33. The Kier molecular flexibility index (Phi) is 7.51. The predicted molar refractivity (Wildman–Crippen MR) is 110 cm³/mol. The van der Waals surface area contributed by atoms with E-state index in [-0.39, 0.29) is 5.91 Å². The summed E-state index contributed by atoms with van der Waals surface area (Å²) in [6.45, 7) is 6.84. The Morgan fingerprint density at radius 3 is 2.52 bits per heavy atom. The molecule has 2 aromatic rings. The fourth-order valence-electron chi connectivity index (χ4n) is 2.34. The molecule has 1 N–H and O–H groups in total. The maximum atomic E-state index is 12.1. The van der Waals surface area contributed by atoms with Crippen molar-refractivity contribution >= 4 is 43.5 Å². The van der Waals surface area contributed by atoms with E-state index in [1.165, 1.54) is 5.56 Å². The zero-order chi connectivity index (χ0) is 18.4. The number of benzene rings is 2. The average Bonchev–Trinajstić information content (AvgIpc) is 2.55. The van der Waals surface area contributed by atoms with E-state index in [2.05, 4.69) is 63.2 Å². The van der Waals surface area contributed by atoms with Gasteiger partial charge in [0.25, 0.3) is 0 Å². The van der Waals surface area contributed by atoms with Gasteiger partial charge in [0.05, 0.1) is 16.8 Å². The molecule has 0 aliphatic carbocycles. The van der Waals surface area contributed by atoms with Crippen LogP contribution in [0.15, 0.2) is 45.3 Å². The molecule has 2 rings (SSSR count). The van der Waals surface area contributed by atoms with Crippen molar-refractivity contribution in [2.24, 2.45) is 0 Å². The Labute approximate surface area is 166 Å². The summed E-state index contributed by atoms with van der Waals surface area (Å²) < 4.78 is 7.62. The van der Waals surface area contributed by atoms with Gasteiger partial charge in [-0.3, -0.25) is 4.79 Å². The number of carbonyl (C=O) groups is 1. The molecule has 0 unspecified atom stereocenters. The van der Waals surface area contributed by atoms with E-state index in [0.717, 1.165) is 25.9 Å². The summed E-state index contributed by atoms with van der Waals surface area (Å²) in [6.07, 6.45) is 1.08. The number of aryl methyl sites for hydroxylation is 1. The first kappa shape index (κ1) is 20.0. The Morgan fingerprint density at radius 2 is 1.88 bits per heavy atom. The van der Waals surface area contributed by atoms with Crippen LogP contribution in [0.4, 0.5) is 5.69 Å². The molecule has 0 aliphatic heterocycles. The van der Waals surface area contributed by atoms with Crippen molar-refractivity contribution in [3.05, 3.63) is 56.5 Å². The topological polar surface area (TPSA) is 38.3 Å². The molecule has 0 radical (unpaired) electrons. The molecule has 0 bridgehead atoms. The fourth-order valence-corrected chi connectivity index (χ4v) is 3.45. The monoisotopic (exact) mass is 467 g/mol. The van der Waals surface area contributed by atoms with Crippen LogP contribution in [-0.4, -0.2) is 12.5 Å². The number of hydrogen-bond acceptors (Lipinski definition) is 2. The average molecular weight is 469 g/mol. The molecule has 3 nitrogen and oxygen atoms in total. The van der Waals surface area contributed by atoms with Gasteiger partial charge in [0.2, 0.25) is 5.91 Å². The van der Waals surface area contributed by atoms with Gasteiger partial charge in [-0.25, -0.2) is 0 Å². The van der Waals surface area contributed by atoms with Crippen molar-refractivity contribution in [2.75, 3.05) is 11.9 Å². The molecule has 0 saturated heterocycles. The van der Waals surface area contributed by atoms with Crippen LogP contribution in [0.3, 0.4) is 0 Å². The van der Waals surface area contributed by atoms with Gasteiger partial charge in [-0.1, -0.05) is 26.0 Å². The summed E-state index contributed by atoms with van der Waals surface area (Å²) in [5, 5.41) is 2.92. The van der Waals surface area contributed by atoms with Crippen LogP contribution in [0.1, 0.15) is 43.7 Å². The van der Waals surface area contributed by atoms with Crippen LogP contribution in [-0.2, 0) is 4.79 Å². The summed E-state index contributed by atoms with van der Waals surface area (Å²) in [7, 11) is 0. The molecule has 0 aromatic heterocycles. The predicted octanol–water partition coefficient (Wildman–Crippen LogP) is 6.44. The van der Waals surface area contributed by atoms with Gasteiger partial charge in [0.1, 0.15) is 5.75 Å². The molecule has 0 fully saturated rings. The highest BCUT2D eigenvalue weighted by Gasteiger charge is 2.08. The maximum Gasteiger partial charge on any atom is 0.224 e. The van der Waals surface area contributed by atoms with Gasteiger partial charge in [-0.05, 0) is 86.5 Å². The first-order valence-corrected chi connectivity index (χ1v) is 9.93. The lowest BCUT2D eigenvalue weighted by Gasteiger charge is -2.12. The summed E-state index contributed by atoms with van der Waals surface area (Å²) in [4.78, 5) is 12.1. The number of hydrogen-bond donors (Lipinski definition) is 1. The molecule has 0 aliphatic rings. The second-order valence-electron chi connectivity index (χ2n) is 6.33. The van der Waals surface area contributed by atoms with E-state index in [1.807, 2.05) is 31.2 Å². The molecule has 1 amide bonds. The second kappa shape index (κ2) is 9.39. The maximum absolute atomic E-state index is 12.1. The quantitative estimate of drug-likeness (QED) is 0.474. The summed E-state index contributed by atoms with van der Waals surface area (Å²) in [5.74, 6) is 1.28. The van der Waals surface area contributed by atoms with Crippen LogP contribution in [0, 0.1) is 6.92 Å². The largest absolute Gasteiger partial charge is 0.492 e. The first-order chi connectivity index (χ1) is 11.9. The van der Waals surface area contributed by atoms with Crippen molar-refractivity contribution in [2.45, 2.75) is 39.5 Å². The van der Waals surface area contributed by atoms with Gasteiger partial charge < -0.3 is 10.1 Å². The second-order valence-corrected chi connectivity index (χ2v) is 8.04. The number of amides is 1. The van der Waals surface area contributed by atoms with E-state index in [9.17, 15) is 4.79 Å². The van der Waals surface area contributed by atoms with Crippen molar-refractivity contribution in [1.82, 2.24) is 0 Å². The number of nitrogens with one attached hydrogen (secondary N) is 1. The van der Waals surface area contributed by atoms with E-state index in [4.69, 9.17) is 4.74 Å². The lowest BCUT2D eigenvalue weighted by Crippen LogP contribution is -2.13. The molecule has 134 valence electrons. The standard InChI is InChI=1S/C20H23Br2NO2/c1-13(2)15-7-9-19(17(22)12-15)25-10-4-5-20(24)23-18-8-6-14(3)11-16(18)21/h6-9,11-13H,4-5,10H2,1-3H3,(H,23,24). The van der Waals surface area contributed by atoms with Crippen LogP contribution < -0.4 is 10.1 Å². The highest BCUT2D eigenvalue weighted by Crippen LogP contribution is 2.29. The molecule has 25 heavy (non-hydrogen) atoms. The number of anilines is 1. The molecule has 0 atom stereocenters. The third-order valence-electron chi connectivity index (χ3n) is 3.83. The number of carbonyl (C=O) groups excluding carboxylic acids is 1. The van der Waals surface area contributed by atoms with Crippen molar-refractivity contribution in [3.8, 4) is 5.75 Å². The molecule has 2 aromatic carbocycles. The molecule has 5 heteroatoms. The first-order valence-electron chi connectivity index (χ1n) is 8.35. The van der Waals surface area contributed by atoms with Gasteiger partial charge in [0.15, 0.2) is 0 Å². The van der Waals surface area contributed by atoms with Crippen LogP contribution >= 0.6 is 31.9 Å². The molecular weight excluding hydrogens is 446 g/mol. The van der Waals surface area contributed by atoms with Gasteiger partial charge in [-0.15, -0.1) is 0 Å². The fraction of sp³-hybridized carbons (Fsp3) is 0.350. The highest BCUT2D eigenvalue weighted by molar-refractivity contribution is 9.11. The van der Waals surface area contributed by atoms with Gasteiger partial charge in [-0.2, -0.15) is 0 Å². The minimum Gasteiger partial charge on any atom is -0.492 e. The third-order valence-corrected chi connectivity index (χ3v) is 5.10. The number of ether oxygens (including phenoxy) is 1. The Balaban J connectivity index is 1.78. The third kappa shape index (κ3) is 6.15. The summed E-state index contributed by atoms with van der Waals surface area (Å²) in [6, 6.07) is 12.0. The lowest BCUT2D eigenvalue weighted by molar-refractivity contribution is -0.116. The van der Waals surface area contributed by atoms with Crippen LogP contribution in [0.2, 0.25) is 0 Å². The van der Waals surface area contributed by atoms with Crippen LogP contribution in [0.25, 0.3) is 0 Å². The Bertz CT molecular complexity index is 744. The van der Waals surface area contributed by atoms with E-state index >= 15 is 0 Å². The summed E-state index contributed by atoms with van der Waals surface area (Å²) >= 11 is 7.01. The lowest BCUT2D eigenvalue weighted by atomic mass is 10.0. The number of halogens is 2. The highest BCUT2D eigenvalue weighted by atomic mass is 79.9. The van der Waals surface area contributed by atoms with Gasteiger partial charge >= 0.3 is 0 Å². The number of rotatable bonds is 7. The van der Waals surface area contributed by atoms with Crippen LogP contribution in [0.5, 0.6) is 5.75 Å². The van der Waals surface area contributed by atoms with Crippen molar-refractivity contribution in [1.29, 1.82) is 0 Å². The Morgan fingerprint density at radius 1 is 1.12 bits per heavy atom. The van der Waals surface area contributed by atoms with E-state index < -0.39 is 0 Å². The minimum absolute atomic E-state index is 0.0117. The normalized spacial score (nSPS) is 10.8. The smallest absolute Gasteiger partial charge is 0.224 e. The van der Waals surface area contributed by atoms with E-state index in [1.54, 1.807) is 0 Å². The van der Waals surface area contributed by atoms with Crippen molar-refractivity contribution < 1.29 is 9.53 Å². The minimum atomic E-state index is -0.0117. The molecule has 0 spiro atoms. The zero-order valence-electron chi connectivity index (χ0n) is 14.7.